The number of carbonyl (C=O) groups excluding carboxylic acids is 2. The van der Waals surface area contributed by atoms with Gasteiger partial charge in [-0.2, -0.15) is 0 Å². The summed E-state index contributed by atoms with van der Waals surface area (Å²) >= 11 is 0. The zero-order valence-electron chi connectivity index (χ0n) is 10.8. The molecule has 0 atom stereocenters. The number of carbonyl (C=O) groups is 2. The number of rotatable bonds is 6. The van der Waals surface area contributed by atoms with Crippen LogP contribution in [-0.4, -0.2) is 11.9 Å². The van der Waals surface area contributed by atoms with E-state index in [1.54, 1.807) is 0 Å². The van der Waals surface area contributed by atoms with Crippen molar-refractivity contribution in [3.8, 4) is 0 Å². The number of aryl methyl sites for hydroxylation is 2. The number of carboxylic acids is 1. The highest BCUT2D eigenvalue weighted by Gasteiger charge is 2.09. The Labute approximate surface area is 107 Å². The molecule has 4 nitrogen and oxygen atoms in total. The molecule has 1 rings (SSSR count). The molecule has 0 aliphatic rings. The SMILES string of the molecule is CCc1cccc(CC)c1NC(=O)CCC(=O)[O-]. The molecule has 18 heavy (non-hydrogen) atoms. The van der Waals surface area contributed by atoms with Crippen molar-refractivity contribution in [2.75, 3.05) is 5.32 Å². The fraction of sp³-hybridized carbons (Fsp3) is 0.429. The van der Waals surface area contributed by atoms with Crippen LogP contribution >= 0.6 is 0 Å². The second-order valence-electron chi connectivity index (χ2n) is 4.08. The van der Waals surface area contributed by atoms with E-state index in [9.17, 15) is 14.7 Å². The van der Waals surface area contributed by atoms with E-state index in [1.165, 1.54) is 0 Å². The Morgan fingerprint density at radius 2 is 1.67 bits per heavy atom. The van der Waals surface area contributed by atoms with E-state index in [-0.39, 0.29) is 18.7 Å². The highest BCUT2D eigenvalue weighted by atomic mass is 16.4. The van der Waals surface area contributed by atoms with Crippen LogP contribution in [0.25, 0.3) is 0 Å². The molecule has 0 saturated carbocycles. The Hall–Kier alpha value is -1.84. The molecule has 0 fully saturated rings. The lowest BCUT2D eigenvalue weighted by Gasteiger charge is -2.14. The standard InChI is InChI=1S/C14H19NO3/c1-3-10-6-5-7-11(4-2)14(10)15-12(16)8-9-13(17)18/h5-7H,3-4,8-9H2,1-2H3,(H,15,16)(H,17,18)/p-1. The Morgan fingerprint density at radius 3 is 2.11 bits per heavy atom. The summed E-state index contributed by atoms with van der Waals surface area (Å²) in [5, 5.41) is 13.1. The van der Waals surface area contributed by atoms with E-state index in [1.807, 2.05) is 32.0 Å². The minimum Gasteiger partial charge on any atom is -0.550 e. The van der Waals surface area contributed by atoms with Crippen LogP contribution in [0, 0.1) is 0 Å². The molecule has 0 spiro atoms. The quantitative estimate of drug-likeness (QED) is 0.824. The van der Waals surface area contributed by atoms with Crippen molar-refractivity contribution in [2.24, 2.45) is 0 Å². The van der Waals surface area contributed by atoms with Crippen LogP contribution < -0.4 is 10.4 Å². The molecular formula is C14H18NO3-. The lowest BCUT2D eigenvalue weighted by molar-refractivity contribution is -0.305. The molecule has 0 radical (unpaired) electrons. The molecule has 0 bridgehead atoms. The number of hydrogen-bond acceptors (Lipinski definition) is 3. The number of carboxylic acid groups (broad SMARTS) is 1. The first-order chi connectivity index (χ1) is 8.58. The fourth-order valence-corrected chi connectivity index (χ4v) is 1.82. The number of nitrogens with one attached hydrogen (secondary N) is 1. The Bertz CT molecular complexity index is 418. The van der Waals surface area contributed by atoms with Crippen LogP contribution in [0.1, 0.15) is 37.8 Å². The molecule has 98 valence electrons. The van der Waals surface area contributed by atoms with Gasteiger partial charge in [-0.05, 0) is 30.4 Å². The molecule has 1 aromatic rings. The van der Waals surface area contributed by atoms with Crippen molar-refractivity contribution in [3.05, 3.63) is 29.3 Å². The summed E-state index contributed by atoms with van der Waals surface area (Å²) in [5.74, 6) is -1.49. The molecule has 1 N–H and O–H groups in total. The highest BCUT2D eigenvalue weighted by molar-refractivity contribution is 5.93. The summed E-state index contributed by atoms with van der Waals surface area (Å²) in [5.41, 5.74) is 2.96. The van der Waals surface area contributed by atoms with Crippen molar-refractivity contribution >= 4 is 17.6 Å². The van der Waals surface area contributed by atoms with Gasteiger partial charge in [0.1, 0.15) is 0 Å². The maximum absolute atomic E-state index is 11.7. The predicted molar refractivity (Wildman–Crippen MR) is 68.1 cm³/mol. The van der Waals surface area contributed by atoms with Crippen LogP contribution in [0.15, 0.2) is 18.2 Å². The Morgan fingerprint density at radius 1 is 1.11 bits per heavy atom. The van der Waals surface area contributed by atoms with Crippen molar-refractivity contribution in [1.29, 1.82) is 0 Å². The van der Waals surface area contributed by atoms with Crippen molar-refractivity contribution in [1.82, 2.24) is 0 Å². The molecule has 0 aliphatic heterocycles. The normalized spacial score (nSPS) is 10.1. The largest absolute Gasteiger partial charge is 0.550 e. The number of aliphatic carboxylic acids is 1. The lowest BCUT2D eigenvalue weighted by Crippen LogP contribution is -2.24. The van der Waals surface area contributed by atoms with E-state index < -0.39 is 5.97 Å². The number of amides is 1. The first-order valence-electron chi connectivity index (χ1n) is 6.18. The van der Waals surface area contributed by atoms with Gasteiger partial charge in [0, 0.05) is 18.1 Å². The number of para-hydroxylation sites is 1. The summed E-state index contributed by atoms with van der Waals surface area (Å²) in [7, 11) is 0. The van der Waals surface area contributed by atoms with E-state index in [2.05, 4.69) is 5.32 Å². The Balaban J connectivity index is 2.82. The summed E-state index contributed by atoms with van der Waals surface area (Å²) in [6.07, 6.45) is 1.35. The average Bonchev–Trinajstić information content (AvgIpc) is 2.36. The summed E-state index contributed by atoms with van der Waals surface area (Å²) in [6.45, 7) is 4.04. The van der Waals surface area contributed by atoms with Gasteiger partial charge < -0.3 is 15.2 Å². The zero-order valence-corrected chi connectivity index (χ0v) is 10.8. The molecule has 4 heteroatoms. The smallest absolute Gasteiger partial charge is 0.224 e. The fourth-order valence-electron chi connectivity index (χ4n) is 1.82. The summed E-state index contributed by atoms with van der Waals surface area (Å²) in [4.78, 5) is 22.0. The van der Waals surface area contributed by atoms with E-state index >= 15 is 0 Å². The van der Waals surface area contributed by atoms with Gasteiger partial charge in [0.15, 0.2) is 0 Å². The molecule has 0 aromatic heterocycles. The van der Waals surface area contributed by atoms with Gasteiger partial charge in [0.2, 0.25) is 5.91 Å². The minimum absolute atomic E-state index is 0.0520. The van der Waals surface area contributed by atoms with E-state index in [4.69, 9.17) is 0 Å². The van der Waals surface area contributed by atoms with Crippen molar-refractivity contribution in [3.63, 3.8) is 0 Å². The van der Waals surface area contributed by atoms with Gasteiger partial charge in [0.05, 0.1) is 0 Å². The van der Waals surface area contributed by atoms with E-state index in [0.29, 0.717) is 0 Å². The third kappa shape index (κ3) is 3.87. The molecule has 0 heterocycles. The van der Waals surface area contributed by atoms with Crippen LogP contribution in [-0.2, 0) is 22.4 Å². The minimum atomic E-state index is -1.20. The van der Waals surface area contributed by atoms with Gasteiger partial charge >= 0.3 is 0 Å². The van der Waals surface area contributed by atoms with Gasteiger partial charge in [-0.25, -0.2) is 0 Å². The van der Waals surface area contributed by atoms with Crippen molar-refractivity contribution < 1.29 is 14.7 Å². The van der Waals surface area contributed by atoms with Crippen LogP contribution in [0.5, 0.6) is 0 Å². The summed E-state index contributed by atoms with van der Waals surface area (Å²) < 4.78 is 0. The van der Waals surface area contributed by atoms with Crippen LogP contribution in [0.3, 0.4) is 0 Å². The van der Waals surface area contributed by atoms with Crippen LogP contribution in [0.2, 0.25) is 0 Å². The molecule has 1 amide bonds. The number of anilines is 1. The molecule has 0 unspecified atom stereocenters. The number of hydrogen-bond donors (Lipinski definition) is 1. The predicted octanol–water partition coefficient (Wildman–Crippen LogP) is 1.28. The molecular weight excluding hydrogens is 230 g/mol. The average molecular weight is 248 g/mol. The topological polar surface area (TPSA) is 69.2 Å². The maximum atomic E-state index is 11.7. The number of benzene rings is 1. The molecule has 1 aromatic carbocycles. The van der Waals surface area contributed by atoms with E-state index in [0.717, 1.165) is 29.7 Å². The lowest BCUT2D eigenvalue weighted by atomic mass is 10.0. The van der Waals surface area contributed by atoms with Gasteiger partial charge in [-0.15, -0.1) is 0 Å². The van der Waals surface area contributed by atoms with Gasteiger partial charge in [-0.3, -0.25) is 4.79 Å². The van der Waals surface area contributed by atoms with Gasteiger partial charge in [-0.1, -0.05) is 32.0 Å². The molecule has 0 saturated heterocycles. The Kier molecular flexibility index (Phi) is 5.36. The first-order valence-corrected chi connectivity index (χ1v) is 6.18. The second kappa shape index (κ2) is 6.79. The third-order valence-corrected chi connectivity index (χ3v) is 2.82. The first kappa shape index (κ1) is 14.2. The van der Waals surface area contributed by atoms with Crippen LogP contribution in [0.4, 0.5) is 5.69 Å². The third-order valence-electron chi connectivity index (χ3n) is 2.82. The van der Waals surface area contributed by atoms with Crippen molar-refractivity contribution in [2.45, 2.75) is 39.5 Å². The monoisotopic (exact) mass is 248 g/mol. The zero-order chi connectivity index (χ0) is 13.5. The maximum Gasteiger partial charge on any atom is 0.224 e. The second-order valence-corrected chi connectivity index (χ2v) is 4.08. The molecule has 0 aliphatic carbocycles. The summed E-state index contributed by atoms with van der Waals surface area (Å²) in [6, 6.07) is 5.90. The highest BCUT2D eigenvalue weighted by Crippen LogP contribution is 2.22. The van der Waals surface area contributed by atoms with Gasteiger partial charge in [0.25, 0.3) is 0 Å².